The van der Waals surface area contributed by atoms with Crippen molar-refractivity contribution in [2.75, 3.05) is 21.9 Å². The molecule has 1 aliphatic rings. The Kier molecular flexibility index (Phi) is 4.23. The first kappa shape index (κ1) is 15.8. The Labute approximate surface area is 139 Å². The second kappa shape index (κ2) is 6.17. The van der Waals surface area contributed by atoms with Crippen LogP contribution >= 0.6 is 11.6 Å². The van der Waals surface area contributed by atoms with Crippen LogP contribution in [0.15, 0.2) is 42.7 Å². The highest BCUT2D eigenvalue weighted by Gasteiger charge is 2.30. The number of rotatable bonds is 3. The number of hydrogen-bond acceptors (Lipinski definition) is 4. The Balaban J connectivity index is 1.88. The Morgan fingerprint density at radius 1 is 1.30 bits per heavy atom. The summed E-state index contributed by atoms with van der Waals surface area (Å²) in [6, 6.07) is 8.08. The summed E-state index contributed by atoms with van der Waals surface area (Å²) in [7, 11) is -3.33. The quantitative estimate of drug-likeness (QED) is 0.921. The standard InChI is InChI=1S/C15H14ClN3O3S/c16-13-5-4-12(18-15(20)11-3-1-6-17-10-11)9-14(13)19-7-2-8-23(19,21)22/h1,3-6,9-10H,2,7-8H2,(H,18,20). The molecule has 1 fully saturated rings. The average molecular weight is 352 g/mol. The van der Waals surface area contributed by atoms with Crippen LogP contribution in [0.5, 0.6) is 0 Å². The van der Waals surface area contributed by atoms with Gasteiger partial charge in [-0.25, -0.2) is 8.42 Å². The highest BCUT2D eigenvalue weighted by molar-refractivity contribution is 7.93. The third-order valence-corrected chi connectivity index (χ3v) is 5.67. The van der Waals surface area contributed by atoms with E-state index in [-0.39, 0.29) is 11.7 Å². The molecule has 1 N–H and O–H groups in total. The second-order valence-electron chi connectivity index (χ2n) is 5.10. The average Bonchev–Trinajstić information content (AvgIpc) is 2.89. The summed E-state index contributed by atoms with van der Waals surface area (Å²) >= 11 is 6.13. The highest BCUT2D eigenvalue weighted by atomic mass is 35.5. The van der Waals surface area contributed by atoms with Crippen molar-refractivity contribution in [1.82, 2.24) is 4.98 Å². The lowest BCUT2D eigenvalue weighted by Gasteiger charge is -2.19. The summed E-state index contributed by atoms with van der Waals surface area (Å²) in [6.45, 7) is 0.391. The summed E-state index contributed by atoms with van der Waals surface area (Å²) < 4.78 is 25.4. The number of hydrogen-bond donors (Lipinski definition) is 1. The molecule has 23 heavy (non-hydrogen) atoms. The molecule has 0 atom stereocenters. The number of nitrogens with one attached hydrogen (secondary N) is 1. The predicted octanol–water partition coefficient (Wildman–Crippen LogP) is 2.53. The molecule has 0 saturated carbocycles. The summed E-state index contributed by atoms with van der Waals surface area (Å²) in [5, 5.41) is 3.05. The van der Waals surface area contributed by atoms with E-state index in [0.29, 0.717) is 34.9 Å². The first-order chi connectivity index (χ1) is 11.0. The van der Waals surface area contributed by atoms with E-state index in [9.17, 15) is 13.2 Å². The Morgan fingerprint density at radius 3 is 2.78 bits per heavy atom. The van der Waals surface area contributed by atoms with Crippen LogP contribution in [0.4, 0.5) is 11.4 Å². The zero-order valence-corrected chi connectivity index (χ0v) is 13.6. The first-order valence-corrected chi connectivity index (χ1v) is 8.97. The zero-order chi connectivity index (χ0) is 16.4. The minimum Gasteiger partial charge on any atom is -0.322 e. The minimum absolute atomic E-state index is 0.107. The van der Waals surface area contributed by atoms with Gasteiger partial charge in [-0.15, -0.1) is 0 Å². The van der Waals surface area contributed by atoms with Crippen LogP contribution in [0, 0.1) is 0 Å². The normalized spacial score (nSPS) is 16.3. The van der Waals surface area contributed by atoms with Gasteiger partial charge in [-0.3, -0.25) is 14.1 Å². The lowest BCUT2D eigenvalue weighted by atomic mass is 10.2. The van der Waals surface area contributed by atoms with E-state index < -0.39 is 10.0 Å². The number of anilines is 2. The van der Waals surface area contributed by atoms with E-state index in [0.717, 1.165) is 0 Å². The fourth-order valence-corrected chi connectivity index (χ4v) is 4.23. The maximum atomic E-state index is 12.1. The Bertz CT molecular complexity index is 840. The molecule has 0 bridgehead atoms. The molecule has 0 unspecified atom stereocenters. The molecule has 0 spiro atoms. The molecular formula is C15H14ClN3O3S. The topological polar surface area (TPSA) is 79.4 Å². The van der Waals surface area contributed by atoms with Gasteiger partial charge in [0.15, 0.2) is 0 Å². The molecule has 1 amide bonds. The molecule has 8 heteroatoms. The highest BCUT2D eigenvalue weighted by Crippen LogP contribution is 2.33. The minimum atomic E-state index is -3.33. The first-order valence-electron chi connectivity index (χ1n) is 6.99. The van der Waals surface area contributed by atoms with Crippen molar-refractivity contribution in [2.45, 2.75) is 6.42 Å². The predicted molar refractivity (Wildman–Crippen MR) is 89.4 cm³/mol. The molecule has 0 aliphatic carbocycles. The summed E-state index contributed by atoms with van der Waals surface area (Å²) in [6.07, 6.45) is 3.59. The van der Waals surface area contributed by atoms with Gasteiger partial charge in [-0.1, -0.05) is 11.6 Å². The van der Waals surface area contributed by atoms with Gasteiger partial charge in [0.25, 0.3) is 5.91 Å². The van der Waals surface area contributed by atoms with Gasteiger partial charge in [0.1, 0.15) is 0 Å². The molecule has 120 valence electrons. The molecule has 6 nitrogen and oxygen atoms in total. The van der Waals surface area contributed by atoms with Gasteiger partial charge in [0, 0.05) is 24.6 Å². The lowest BCUT2D eigenvalue weighted by molar-refractivity contribution is 0.102. The summed E-state index contributed by atoms with van der Waals surface area (Å²) in [5.41, 5.74) is 1.27. The van der Waals surface area contributed by atoms with Crippen LogP contribution in [0.1, 0.15) is 16.8 Å². The van der Waals surface area contributed by atoms with Crippen LogP contribution in [0.25, 0.3) is 0 Å². The molecule has 2 heterocycles. The van der Waals surface area contributed by atoms with Crippen molar-refractivity contribution in [2.24, 2.45) is 0 Å². The van der Waals surface area contributed by atoms with Gasteiger partial charge in [0.05, 0.1) is 22.0 Å². The van der Waals surface area contributed by atoms with Gasteiger partial charge in [0.2, 0.25) is 10.0 Å². The fraction of sp³-hybridized carbons (Fsp3) is 0.200. The van der Waals surface area contributed by atoms with Crippen LogP contribution < -0.4 is 9.62 Å². The molecular weight excluding hydrogens is 338 g/mol. The molecule has 1 saturated heterocycles. The van der Waals surface area contributed by atoms with Crippen LogP contribution in [0.3, 0.4) is 0 Å². The van der Waals surface area contributed by atoms with Crippen LogP contribution in [-0.4, -0.2) is 31.6 Å². The third kappa shape index (κ3) is 3.30. The smallest absolute Gasteiger partial charge is 0.257 e. The molecule has 1 aliphatic heterocycles. The van der Waals surface area contributed by atoms with E-state index in [1.54, 1.807) is 36.5 Å². The number of nitrogens with zero attached hydrogens (tertiary/aromatic N) is 2. The van der Waals surface area contributed by atoms with Crippen LogP contribution in [-0.2, 0) is 10.0 Å². The second-order valence-corrected chi connectivity index (χ2v) is 7.52. The monoisotopic (exact) mass is 351 g/mol. The van der Waals surface area contributed by atoms with Gasteiger partial charge in [-0.2, -0.15) is 0 Å². The van der Waals surface area contributed by atoms with Crippen molar-refractivity contribution in [1.29, 1.82) is 0 Å². The zero-order valence-electron chi connectivity index (χ0n) is 12.1. The summed E-state index contributed by atoms with van der Waals surface area (Å²) in [4.78, 5) is 16.0. The van der Waals surface area contributed by atoms with E-state index >= 15 is 0 Å². The van der Waals surface area contributed by atoms with Crippen molar-refractivity contribution in [3.63, 3.8) is 0 Å². The lowest BCUT2D eigenvalue weighted by Crippen LogP contribution is -2.25. The number of halogens is 1. The number of carbonyl (C=O) groups excluding carboxylic acids is 1. The number of aromatic nitrogens is 1. The summed E-state index contributed by atoms with van der Waals surface area (Å²) in [5.74, 6) is -0.217. The van der Waals surface area contributed by atoms with Crippen molar-refractivity contribution in [3.8, 4) is 0 Å². The number of sulfonamides is 1. The molecule has 0 radical (unpaired) electrons. The number of amides is 1. The molecule has 1 aromatic carbocycles. The number of carbonyl (C=O) groups is 1. The maximum Gasteiger partial charge on any atom is 0.257 e. The van der Waals surface area contributed by atoms with E-state index in [1.807, 2.05) is 0 Å². The third-order valence-electron chi connectivity index (χ3n) is 3.50. The largest absolute Gasteiger partial charge is 0.322 e. The SMILES string of the molecule is O=C(Nc1ccc(Cl)c(N2CCCS2(=O)=O)c1)c1cccnc1. The van der Waals surface area contributed by atoms with E-state index in [2.05, 4.69) is 10.3 Å². The van der Waals surface area contributed by atoms with E-state index in [1.165, 1.54) is 10.5 Å². The molecule has 3 rings (SSSR count). The van der Waals surface area contributed by atoms with E-state index in [4.69, 9.17) is 11.6 Å². The van der Waals surface area contributed by atoms with Gasteiger partial charge >= 0.3 is 0 Å². The fourth-order valence-electron chi connectivity index (χ4n) is 2.39. The molecule has 1 aromatic heterocycles. The van der Waals surface area contributed by atoms with Crippen LogP contribution in [0.2, 0.25) is 5.02 Å². The Hall–Kier alpha value is -2.12. The van der Waals surface area contributed by atoms with Crippen molar-refractivity contribution < 1.29 is 13.2 Å². The van der Waals surface area contributed by atoms with Gasteiger partial charge in [-0.05, 0) is 36.8 Å². The number of pyridine rings is 1. The van der Waals surface area contributed by atoms with Gasteiger partial charge < -0.3 is 5.32 Å². The molecule has 2 aromatic rings. The van der Waals surface area contributed by atoms with Crippen molar-refractivity contribution in [3.05, 3.63) is 53.3 Å². The maximum absolute atomic E-state index is 12.1. The van der Waals surface area contributed by atoms with Crippen molar-refractivity contribution >= 4 is 38.9 Å². The number of benzene rings is 1. The Morgan fingerprint density at radius 2 is 2.13 bits per heavy atom.